The highest BCUT2D eigenvalue weighted by molar-refractivity contribution is 6.71. The Morgan fingerprint density at radius 3 is 2.55 bits per heavy atom. The molecule has 0 aromatic carbocycles. The molecular weight excluding hydrogens is 152 g/mol. The van der Waals surface area contributed by atoms with Crippen molar-refractivity contribution in [1.82, 2.24) is 0 Å². The molecular formula is C9H18OSi. The van der Waals surface area contributed by atoms with E-state index in [1.54, 1.807) is 0 Å². The van der Waals surface area contributed by atoms with Crippen LogP contribution < -0.4 is 0 Å². The molecule has 0 aromatic rings. The topological polar surface area (TPSA) is 9.23 Å². The summed E-state index contributed by atoms with van der Waals surface area (Å²) in [5.41, 5.74) is -0.0199. The Morgan fingerprint density at radius 1 is 1.55 bits per heavy atom. The van der Waals surface area contributed by atoms with Crippen molar-refractivity contribution in [2.24, 2.45) is 0 Å². The molecule has 1 rings (SSSR count). The second-order valence-corrected chi connectivity index (χ2v) is 8.46. The van der Waals surface area contributed by atoms with Crippen LogP contribution in [0.3, 0.4) is 0 Å². The van der Waals surface area contributed by atoms with E-state index in [0.717, 1.165) is 6.42 Å². The van der Waals surface area contributed by atoms with Gasteiger partial charge in [0.15, 0.2) is 8.32 Å². The van der Waals surface area contributed by atoms with E-state index in [0.29, 0.717) is 0 Å². The monoisotopic (exact) mass is 170 g/mol. The van der Waals surface area contributed by atoms with Gasteiger partial charge < -0.3 is 4.43 Å². The molecule has 0 bridgehead atoms. The minimum absolute atomic E-state index is 0.0199. The summed E-state index contributed by atoms with van der Waals surface area (Å²) in [4.78, 5) is 0. The molecule has 0 aromatic heterocycles. The standard InChI is InChI=1S/C9H18OSi/c1-5-9(2)7-6-8-11(3,4)10-9/h5H,1,6-8H2,2-4H3. The van der Waals surface area contributed by atoms with Gasteiger partial charge in [-0.2, -0.15) is 0 Å². The smallest absolute Gasteiger partial charge is 0.187 e. The predicted octanol–water partition coefficient (Wildman–Crippen LogP) is 2.95. The maximum Gasteiger partial charge on any atom is 0.187 e. The van der Waals surface area contributed by atoms with Crippen LogP contribution in [-0.2, 0) is 4.43 Å². The minimum atomic E-state index is -1.32. The third-order valence-electron chi connectivity index (χ3n) is 2.39. The molecule has 0 N–H and O–H groups in total. The summed E-state index contributed by atoms with van der Waals surface area (Å²) < 4.78 is 6.03. The molecule has 0 spiro atoms. The maximum absolute atomic E-state index is 6.03. The highest BCUT2D eigenvalue weighted by Gasteiger charge is 2.36. The SMILES string of the molecule is C=CC1(C)CCC[Si](C)(C)O1. The first-order valence-electron chi connectivity index (χ1n) is 4.31. The first-order chi connectivity index (χ1) is 4.97. The number of hydrogen-bond donors (Lipinski definition) is 0. The third kappa shape index (κ3) is 2.17. The van der Waals surface area contributed by atoms with Gasteiger partial charge >= 0.3 is 0 Å². The normalized spacial score (nSPS) is 36.6. The van der Waals surface area contributed by atoms with Crippen LogP contribution in [0.25, 0.3) is 0 Å². The lowest BCUT2D eigenvalue weighted by Crippen LogP contribution is -2.45. The second kappa shape index (κ2) is 2.76. The van der Waals surface area contributed by atoms with E-state index in [9.17, 15) is 0 Å². The van der Waals surface area contributed by atoms with Crippen LogP contribution >= 0.6 is 0 Å². The summed E-state index contributed by atoms with van der Waals surface area (Å²) in [6.45, 7) is 10.5. The van der Waals surface area contributed by atoms with E-state index >= 15 is 0 Å². The van der Waals surface area contributed by atoms with Crippen LogP contribution in [0, 0.1) is 0 Å². The van der Waals surface area contributed by atoms with Crippen molar-refractivity contribution in [1.29, 1.82) is 0 Å². The minimum Gasteiger partial charge on any atom is -0.409 e. The average molecular weight is 170 g/mol. The Labute approximate surface area is 70.6 Å². The Hall–Kier alpha value is -0.0831. The van der Waals surface area contributed by atoms with Gasteiger partial charge in [0.1, 0.15) is 0 Å². The molecule has 1 aliphatic heterocycles. The summed E-state index contributed by atoms with van der Waals surface area (Å²) in [6, 6.07) is 1.30. The predicted molar refractivity (Wildman–Crippen MR) is 51.2 cm³/mol. The molecule has 0 aliphatic carbocycles. The molecule has 1 aliphatic rings. The Balaban J connectivity index is 2.66. The number of rotatable bonds is 1. The first kappa shape index (κ1) is 9.01. The average Bonchev–Trinajstić information content (AvgIpc) is 1.85. The Morgan fingerprint density at radius 2 is 2.18 bits per heavy atom. The number of hydrogen-bond acceptors (Lipinski definition) is 1. The first-order valence-corrected chi connectivity index (χ1v) is 7.43. The maximum atomic E-state index is 6.03. The van der Waals surface area contributed by atoms with Gasteiger partial charge in [0.05, 0.1) is 5.60 Å². The molecule has 1 saturated heterocycles. The Bertz CT molecular complexity index is 165. The molecule has 1 unspecified atom stereocenters. The van der Waals surface area contributed by atoms with Crippen LogP contribution in [-0.4, -0.2) is 13.9 Å². The summed E-state index contributed by atoms with van der Waals surface area (Å²) in [6.07, 6.45) is 4.41. The van der Waals surface area contributed by atoms with Crippen LogP contribution in [0.1, 0.15) is 19.8 Å². The lowest BCUT2D eigenvalue weighted by molar-refractivity contribution is 0.102. The van der Waals surface area contributed by atoms with Crippen molar-refractivity contribution in [2.75, 3.05) is 0 Å². The molecule has 0 radical (unpaired) electrons. The highest BCUT2D eigenvalue weighted by Crippen LogP contribution is 2.33. The van der Waals surface area contributed by atoms with Gasteiger partial charge in [0.25, 0.3) is 0 Å². The molecule has 64 valence electrons. The zero-order valence-electron chi connectivity index (χ0n) is 7.81. The van der Waals surface area contributed by atoms with Gasteiger partial charge in [-0.25, -0.2) is 0 Å². The van der Waals surface area contributed by atoms with Crippen LogP contribution in [0.4, 0.5) is 0 Å². The van der Waals surface area contributed by atoms with Gasteiger partial charge in [-0.3, -0.25) is 0 Å². The lowest BCUT2D eigenvalue weighted by Gasteiger charge is -2.40. The van der Waals surface area contributed by atoms with Crippen LogP contribution in [0.5, 0.6) is 0 Å². The fourth-order valence-corrected chi connectivity index (χ4v) is 4.32. The van der Waals surface area contributed by atoms with Crippen molar-refractivity contribution in [3.05, 3.63) is 12.7 Å². The van der Waals surface area contributed by atoms with E-state index in [1.165, 1.54) is 12.5 Å². The summed E-state index contributed by atoms with van der Waals surface area (Å²) in [5.74, 6) is 0. The molecule has 1 fully saturated rings. The van der Waals surface area contributed by atoms with Gasteiger partial charge in [-0.15, -0.1) is 6.58 Å². The van der Waals surface area contributed by atoms with Gasteiger partial charge in [-0.05, 0) is 32.5 Å². The van der Waals surface area contributed by atoms with E-state index < -0.39 is 8.32 Å². The van der Waals surface area contributed by atoms with Crippen molar-refractivity contribution < 1.29 is 4.43 Å². The third-order valence-corrected chi connectivity index (χ3v) is 4.97. The molecule has 0 saturated carbocycles. The molecule has 2 heteroatoms. The molecule has 1 atom stereocenters. The lowest BCUT2D eigenvalue weighted by atomic mass is 10.0. The molecule has 0 amide bonds. The van der Waals surface area contributed by atoms with Crippen LogP contribution in [0.15, 0.2) is 12.7 Å². The van der Waals surface area contributed by atoms with Crippen LogP contribution in [0.2, 0.25) is 19.1 Å². The summed E-state index contributed by atoms with van der Waals surface area (Å²) >= 11 is 0. The van der Waals surface area contributed by atoms with Gasteiger partial charge in [0.2, 0.25) is 0 Å². The fourth-order valence-electron chi connectivity index (χ4n) is 1.74. The second-order valence-electron chi connectivity index (χ2n) is 4.23. The molecule has 11 heavy (non-hydrogen) atoms. The fraction of sp³-hybridized carbons (Fsp3) is 0.778. The summed E-state index contributed by atoms with van der Waals surface area (Å²) in [7, 11) is -1.32. The molecule has 1 nitrogen and oxygen atoms in total. The quantitative estimate of drug-likeness (QED) is 0.434. The Kier molecular flexibility index (Phi) is 2.26. The molecule has 1 heterocycles. The van der Waals surface area contributed by atoms with E-state index in [4.69, 9.17) is 4.43 Å². The van der Waals surface area contributed by atoms with Crippen molar-refractivity contribution >= 4 is 8.32 Å². The summed E-state index contributed by atoms with van der Waals surface area (Å²) in [5, 5.41) is 0. The highest BCUT2D eigenvalue weighted by atomic mass is 28.4. The van der Waals surface area contributed by atoms with Crippen molar-refractivity contribution in [3.8, 4) is 0 Å². The van der Waals surface area contributed by atoms with E-state index in [2.05, 4.69) is 26.6 Å². The van der Waals surface area contributed by atoms with Crippen molar-refractivity contribution in [3.63, 3.8) is 0 Å². The van der Waals surface area contributed by atoms with E-state index in [1.807, 2.05) is 6.08 Å². The van der Waals surface area contributed by atoms with E-state index in [-0.39, 0.29) is 5.60 Å². The van der Waals surface area contributed by atoms with Gasteiger partial charge in [0, 0.05) is 0 Å². The van der Waals surface area contributed by atoms with Crippen molar-refractivity contribution in [2.45, 2.75) is 44.5 Å². The zero-order valence-corrected chi connectivity index (χ0v) is 8.81. The largest absolute Gasteiger partial charge is 0.409 e. The van der Waals surface area contributed by atoms with Gasteiger partial charge in [-0.1, -0.05) is 12.5 Å². The zero-order chi connectivity index (χ0) is 8.54.